The lowest BCUT2D eigenvalue weighted by Gasteiger charge is -2.48. The molecule has 4 aliphatic rings. The number of likely N-dealkylation sites (tertiary alicyclic amines) is 1. The highest BCUT2D eigenvalue weighted by Crippen LogP contribution is 2.44. The van der Waals surface area contributed by atoms with Crippen LogP contribution < -0.4 is 10.0 Å². The van der Waals surface area contributed by atoms with Crippen molar-refractivity contribution < 1.29 is 27.4 Å². The summed E-state index contributed by atoms with van der Waals surface area (Å²) in [6, 6.07) is 1.36. The van der Waals surface area contributed by atoms with Crippen LogP contribution in [0.1, 0.15) is 106 Å². The van der Waals surface area contributed by atoms with E-state index in [9.17, 15) is 0 Å². The van der Waals surface area contributed by atoms with E-state index >= 15 is 0 Å². The van der Waals surface area contributed by atoms with Crippen LogP contribution in [0.2, 0.25) is 0 Å². The van der Waals surface area contributed by atoms with Gasteiger partial charge in [0.15, 0.2) is 0 Å². The Morgan fingerprint density at radius 3 is 2.12 bits per heavy atom. The topological polar surface area (TPSA) is 185 Å². The molecule has 3 aliphatic carbocycles. The SMILES string of the molecule is C.CSNC1CCC(C2CCCC(CN[C@@H](CN3CC[C@H](C4C=CC(Cl)CC4)C(C)(C)C3)C(C)C)C2)CC1.O.O.O.O.O. The van der Waals surface area contributed by atoms with Gasteiger partial charge in [0.2, 0.25) is 0 Å². The predicted octanol–water partition coefficient (Wildman–Crippen LogP) is 4.27. The summed E-state index contributed by atoms with van der Waals surface area (Å²) in [7, 11) is 0. The van der Waals surface area contributed by atoms with Gasteiger partial charge in [-0.15, -0.1) is 11.6 Å². The van der Waals surface area contributed by atoms with Crippen LogP contribution in [0.5, 0.6) is 0 Å². The minimum Gasteiger partial charge on any atom is -0.412 e. The predicted molar refractivity (Wildman–Crippen MR) is 189 cm³/mol. The van der Waals surface area contributed by atoms with Crippen LogP contribution >= 0.6 is 23.5 Å². The van der Waals surface area contributed by atoms with Crippen LogP contribution in [0.4, 0.5) is 0 Å². The second kappa shape index (κ2) is 22.6. The molecular formula is C33H72ClN3O5S. The van der Waals surface area contributed by atoms with Gasteiger partial charge < -0.3 is 37.6 Å². The normalized spacial score (nSPS) is 32.8. The smallest absolute Gasteiger partial charge is 0.0516 e. The van der Waals surface area contributed by atoms with Crippen LogP contribution in [0.25, 0.3) is 0 Å². The second-order valence-electron chi connectivity index (χ2n) is 14.2. The highest BCUT2D eigenvalue weighted by molar-refractivity contribution is 7.96. The zero-order valence-electron chi connectivity index (χ0n) is 27.2. The van der Waals surface area contributed by atoms with E-state index in [1.807, 2.05) is 0 Å². The van der Waals surface area contributed by atoms with E-state index in [2.05, 4.69) is 61.0 Å². The summed E-state index contributed by atoms with van der Waals surface area (Å²) in [5.74, 6) is 5.05. The Bertz CT molecular complexity index is 727. The number of alkyl halides is 1. The quantitative estimate of drug-likeness (QED) is 0.202. The summed E-state index contributed by atoms with van der Waals surface area (Å²) in [4.78, 5) is 2.79. The van der Waals surface area contributed by atoms with Gasteiger partial charge in [-0.05, 0) is 118 Å². The Labute approximate surface area is 274 Å². The molecule has 0 bridgehead atoms. The van der Waals surface area contributed by atoms with Gasteiger partial charge in [-0.1, -0.05) is 72.1 Å². The van der Waals surface area contributed by atoms with Crippen LogP contribution in [-0.4, -0.2) is 82.2 Å². The first-order valence-electron chi connectivity index (χ1n) is 15.8. The molecular weight excluding hydrogens is 586 g/mol. The summed E-state index contributed by atoms with van der Waals surface area (Å²) in [5.41, 5.74) is 0.370. The molecule has 0 spiro atoms. The van der Waals surface area contributed by atoms with Gasteiger partial charge in [0.1, 0.15) is 0 Å². The number of hydrogen-bond acceptors (Lipinski definition) is 4. The molecule has 0 aromatic carbocycles. The first-order chi connectivity index (χ1) is 17.7. The maximum Gasteiger partial charge on any atom is 0.0516 e. The maximum atomic E-state index is 6.35. The number of rotatable bonds is 10. The number of halogens is 1. The average Bonchev–Trinajstić information content (AvgIpc) is 2.87. The lowest BCUT2D eigenvalue weighted by molar-refractivity contribution is 0.0214. The first-order valence-corrected chi connectivity index (χ1v) is 17.5. The van der Waals surface area contributed by atoms with Gasteiger partial charge in [-0.25, -0.2) is 0 Å². The highest BCUT2D eigenvalue weighted by atomic mass is 35.5. The van der Waals surface area contributed by atoms with E-state index in [-0.39, 0.29) is 40.2 Å². The van der Waals surface area contributed by atoms with Crippen LogP contribution in [-0.2, 0) is 0 Å². The molecule has 3 fully saturated rings. The van der Waals surface area contributed by atoms with Crippen molar-refractivity contribution >= 4 is 23.5 Å². The molecule has 8 nitrogen and oxygen atoms in total. The summed E-state index contributed by atoms with van der Waals surface area (Å²) in [6.45, 7) is 14.8. The fourth-order valence-electron chi connectivity index (χ4n) is 8.51. The average molecular weight is 658 g/mol. The number of nitrogens with zero attached hydrogens (tertiary/aromatic N) is 1. The van der Waals surface area contributed by atoms with Crippen molar-refractivity contribution in [3.63, 3.8) is 0 Å². The Hall–Kier alpha value is 0.0600. The third kappa shape index (κ3) is 13.8. The third-order valence-electron chi connectivity index (χ3n) is 10.7. The summed E-state index contributed by atoms with van der Waals surface area (Å²) >= 11 is 8.15. The Balaban J connectivity index is -0.00000267. The van der Waals surface area contributed by atoms with Crippen molar-refractivity contribution in [2.24, 2.45) is 40.9 Å². The van der Waals surface area contributed by atoms with Gasteiger partial charge in [-0.3, -0.25) is 4.72 Å². The monoisotopic (exact) mass is 657 g/mol. The molecule has 0 aromatic heterocycles. The van der Waals surface area contributed by atoms with E-state index in [0.717, 1.165) is 42.1 Å². The van der Waals surface area contributed by atoms with Crippen LogP contribution in [0.15, 0.2) is 12.2 Å². The Morgan fingerprint density at radius 1 is 0.884 bits per heavy atom. The first kappa shape index (κ1) is 47.5. The second-order valence-corrected chi connectivity index (χ2v) is 15.5. The Kier molecular flexibility index (Phi) is 24.9. The molecule has 1 saturated heterocycles. The molecule has 43 heavy (non-hydrogen) atoms. The van der Waals surface area contributed by atoms with E-state index < -0.39 is 0 Å². The molecule has 6 atom stereocenters. The molecule has 12 N–H and O–H groups in total. The minimum absolute atomic E-state index is 0. The summed E-state index contributed by atoms with van der Waals surface area (Å²) in [5, 5.41) is 4.37. The molecule has 0 radical (unpaired) electrons. The zero-order valence-corrected chi connectivity index (χ0v) is 28.8. The molecule has 10 heteroatoms. The molecule has 4 unspecified atom stereocenters. The lowest BCUT2D eigenvalue weighted by atomic mass is 9.65. The van der Waals surface area contributed by atoms with E-state index in [4.69, 9.17) is 11.6 Å². The molecule has 1 aliphatic heterocycles. The summed E-state index contributed by atoms with van der Waals surface area (Å²) < 4.78 is 3.61. The van der Waals surface area contributed by atoms with Gasteiger partial charge in [0.05, 0.1) is 5.38 Å². The molecule has 0 aromatic rings. The van der Waals surface area contributed by atoms with E-state index in [1.54, 1.807) is 11.9 Å². The fourth-order valence-corrected chi connectivity index (χ4v) is 9.28. The molecule has 0 amide bonds. The fraction of sp³-hybridized carbons (Fsp3) is 0.939. The highest BCUT2D eigenvalue weighted by Gasteiger charge is 2.40. The molecule has 262 valence electrons. The maximum absolute atomic E-state index is 6.35. The standard InChI is InChI=1S/C32H58ClN3S.CH4.5H2O/c1-23(2)31(21-36-18-17-30(32(3,4)22-36)26-9-13-28(33)14-10-26)34-20-24-7-6-8-27(19-24)25-11-15-29(16-12-25)35-37-5;;;;;;/h9,13,23-31,34-35H,6-8,10-12,14-22H2,1-5H3;1H4;5*1H2/t24?,25?,26?,27?,28?,29?,30-,31+;;;;;;/m1....../s1. The van der Waals surface area contributed by atoms with E-state index in [0.29, 0.717) is 17.4 Å². The van der Waals surface area contributed by atoms with Crippen molar-refractivity contribution in [2.75, 3.05) is 32.4 Å². The largest absolute Gasteiger partial charge is 0.412 e. The molecule has 1 heterocycles. The van der Waals surface area contributed by atoms with Gasteiger partial charge >= 0.3 is 0 Å². The van der Waals surface area contributed by atoms with Crippen molar-refractivity contribution in [3.8, 4) is 0 Å². The number of piperidine rings is 1. The summed E-state index contributed by atoms with van der Waals surface area (Å²) in [6.07, 6.45) is 22.2. The lowest BCUT2D eigenvalue weighted by Crippen LogP contribution is -2.53. The zero-order chi connectivity index (χ0) is 26.4. The van der Waals surface area contributed by atoms with Gasteiger partial charge in [-0.2, -0.15) is 0 Å². The van der Waals surface area contributed by atoms with Crippen LogP contribution in [0.3, 0.4) is 0 Å². The van der Waals surface area contributed by atoms with Crippen molar-refractivity contribution in [1.82, 2.24) is 14.9 Å². The van der Waals surface area contributed by atoms with Crippen LogP contribution in [0, 0.1) is 40.9 Å². The van der Waals surface area contributed by atoms with Crippen molar-refractivity contribution in [2.45, 2.75) is 123 Å². The van der Waals surface area contributed by atoms with E-state index in [1.165, 1.54) is 90.4 Å². The number of nitrogens with one attached hydrogen (secondary N) is 2. The number of allylic oxidation sites excluding steroid dienone is 2. The van der Waals surface area contributed by atoms with Crippen molar-refractivity contribution in [3.05, 3.63) is 12.2 Å². The number of hydrogen-bond donors (Lipinski definition) is 2. The minimum atomic E-state index is 0. The Morgan fingerprint density at radius 2 is 1.56 bits per heavy atom. The molecule has 2 saturated carbocycles. The molecule has 4 rings (SSSR count). The van der Waals surface area contributed by atoms with Gasteiger partial charge in [0, 0.05) is 25.2 Å². The van der Waals surface area contributed by atoms with Gasteiger partial charge in [0.25, 0.3) is 0 Å². The van der Waals surface area contributed by atoms with Crippen molar-refractivity contribution in [1.29, 1.82) is 0 Å². The third-order valence-corrected chi connectivity index (χ3v) is 11.7.